The van der Waals surface area contributed by atoms with E-state index in [1.54, 1.807) is 11.9 Å². The largest absolute Gasteiger partial charge is 0.397 e. The van der Waals surface area contributed by atoms with Crippen molar-refractivity contribution in [1.82, 2.24) is 9.80 Å². The van der Waals surface area contributed by atoms with Gasteiger partial charge in [0.1, 0.15) is 5.69 Å². The molecule has 3 amide bonds. The van der Waals surface area contributed by atoms with E-state index in [2.05, 4.69) is 47.6 Å². The molecule has 3 aliphatic rings. The molecule has 2 atom stereocenters. The van der Waals surface area contributed by atoms with Crippen molar-refractivity contribution in [3.63, 3.8) is 0 Å². The van der Waals surface area contributed by atoms with Crippen LogP contribution in [0.4, 0.5) is 10.5 Å². The van der Waals surface area contributed by atoms with Crippen LogP contribution in [-0.2, 0) is 11.2 Å². The summed E-state index contributed by atoms with van der Waals surface area (Å²) in [6.45, 7) is 6.25. The van der Waals surface area contributed by atoms with Crippen molar-refractivity contribution in [2.75, 3.05) is 31.6 Å². The van der Waals surface area contributed by atoms with E-state index in [0.29, 0.717) is 18.3 Å². The minimum atomic E-state index is -0.548. The van der Waals surface area contributed by atoms with Crippen molar-refractivity contribution in [2.45, 2.75) is 32.7 Å². The lowest BCUT2D eigenvalue weighted by atomic mass is 10.0. The zero-order valence-electron chi connectivity index (χ0n) is 19.4. The highest BCUT2D eigenvalue weighted by Gasteiger charge is 2.55. The molecule has 3 heterocycles. The number of aryl methyl sites for hydroxylation is 2. The predicted octanol–water partition coefficient (Wildman–Crippen LogP) is 3.13. The van der Waals surface area contributed by atoms with E-state index in [0.717, 1.165) is 43.1 Å². The average Bonchev–Trinajstić information content (AvgIpc) is 3.20. The lowest BCUT2D eigenvalue weighted by molar-refractivity contribution is -0.545. The third-order valence-electron chi connectivity index (χ3n) is 6.73. The first-order valence-electron chi connectivity index (χ1n) is 11.6. The van der Waals surface area contributed by atoms with Crippen molar-refractivity contribution in [2.24, 2.45) is 10.9 Å². The predicted molar refractivity (Wildman–Crippen MR) is 129 cm³/mol. The van der Waals surface area contributed by atoms with Crippen LogP contribution in [0.2, 0.25) is 0 Å². The lowest BCUT2D eigenvalue weighted by Gasteiger charge is -2.35. The van der Waals surface area contributed by atoms with Crippen molar-refractivity contribution in [1.29, 1.82) is 0 Å². The molecule has 0 spiro atoms. The van der Waals surface area contributed by atoms with Gasteiger partial charge in [-0.3, -0.25) is 14.6 Å². The standard InChI is InChI=1S/C26H30N5O2/c1-18-16-30(21-14-8-7-10-19(21)2)25-27-23-22(31(25)17-18)24(32)29(26(33)28(23)3)15-9-13-20-11-5-4-6-12-20/h4-8,10-12,14,18,22H,9,13,15-17H2,1-3H3/q+1. The zero-order chi connectivity index (χ0) is 23.1. The van der Waals surface area contributed by atoms with Crippen molar-refractivity contribution in [3.8, 4) is 0 Å². The maximum atomic E-state index is 13.6. The Morgan fingerprint density at radius 2 is 1.79 bits per heavy atom. The van der Waals surface area contributed by atoms with Gasteiger partial charge in [0.15, 0.2) is 0 Å². The molecule has 170 valence electrons. The highest BCUT2D eigenvalue weighted by atomic mass is 16.2. The lowest BCUT2D eigenvalue weighted by Crippen LogP contribution is -2.63. The number of likely N-dealkylation sites (N-methyl/N-ethyl adjacent to an activating group) is 1. The van der Waals surface area contributed by atoms with Crippen molar-refractivity contribution >= 4 is 29.4 Å². The fourth-order valence-electron chi connectivity index (χ4n) is 5.06. The summed E-state index contributed by atoms with van der Waals surface area (Å²) in [5.41, 5.74) is 3.46. The molecule has 3 aliphatic heterocycles. The first-order chi connectivity index (χ1) is 16.0. The molecule has 2 aromatic rings. The molecule has 1 fully saturated rings. The van der Waals surface area contributed by atoms with Crippen LogP contribution in [0, 0.1) is 12.8 Å². The second-order valence-corrected chi connectivity index (χ2v) is 9.25. The number of amides is 3. The third kappa shape index (κ3) is 3.71. The first kappa shape index (κ1) is 21.4. The summed E-state index contributed by atoms with van der Waals surface area (Å²) >= 11 is 0. The van der Waals surface area contributed by atoms with Gasteiger partial charge >= 0.3 is 12.0 Å². The summed E-state index contributed by atoms with van der Waals surface area (Å²) in [7, 11) is 1.73. The highest BCUT2D eigenvalue weighted by molar-refractivity contribution is 6.24. The van der Waals surface area contributed by atoms with E-state index in [1.165, 1.54) is 10.5 Å². The number of carbonyl (C=O) groups is 2. The molecule has 0 radical (unpaired) electrons. The number of benzene rings is 2. The van der Waals surface area contributed by atoms with Gasteiger partial charge in [-0.2, -0.15) is 0 Å². The van der Waals surface area contributed by atoms with Crippen LogP contribution in [0.25, 0.3) is 0 Å². The van der Waals surface area contributed by atoms with Gasteiger partial charge in [0, 0.05) is 19.5 Å². The Labute approximate surface area is 194 Å². The molecule has 7 nitrogen and oxygen atoms in total. The number of imide groups is 1. The van der Waals surface area contributed by atoms with E-state index in [1.807, 2.05) is 30.3 Å². The average molecular weight is 445 g/mol. The number of urea groups is 1. The van der Waals surface area contributed by atoms with Gasteiger partial charge in [-0.25, -0.2) is 14.3 Å². The number of guanidine groups is 1. The van der Waals surface area contributed by atoms with Crippen LogP contribution in [0.1, 0.15) is 24.5 Å². The summed E-state index contributed by atoms with van der Waals surface area (Å²) in [6, 6.07) is 17.5. The Balaban J connectivity index is 1.43. The van der Waals surface area contributed by atoms with Crippen LogP contribution >= 0.6 is 0 Å². The summed E-state index contributed by atoms with van der Waals surface area (Å²) in [6.07, 6.45) is 1.56. The maximum Gasteiger partial charge on any atom is 0.397 e. The smallest absolute Gasteiger partial charge is 0.270 e. The minimum absolute atomic E-state index is 0.168. The number of hydrogen-bond acceptors (Lipinski definition) is 4. The summed E-state index contributed by atoms with van der Waals surface area (Å²) in [5, 5.41) is 0. The van der Waals surface area contributed by atoms with Gasteiger partial charge in [-0.15, -0.1) is 0 Å². The molecule has 2 unspecified atom stereocenters. The fraction of sp³-hybridized carbons (Fsp3) is 0.385. The molecule has 33 heavy (non-hydrogen) atoms. The molecule has 0 aliphatic carbocycles. The van der Waals surface area contributed by atoms with E-state index < -0.39 is 6.04 Å². The van der Waals surface area contributed by atoms with E-state index in [-0.39, 0.29) is 11.9 Å². The Kier molecular flexibility index (Phi) is 5.48. The number of rotatable bonds is 5. The van der Waals surface area contributed by atoms with Crippen molar-refractivity contribution < 1.29 is 14.2 Å². The van der Waals surface area contributed by atoms with Crippen LogP contribution in [0.3, 0.4) is 0 Å². The number of para-hydroxylation sites is 1. The number of anilines is 1. The van der Waals surface area contributed by atoms with Gasteiger partial charge in [0.25, 0.3) is 5.91 Å². The van der Waals surface area contributed by atoms with Crippen LogP contribution in [0.5, 0.6) is 0 Å². The van der Waals surface area contributed by atoms with E-state index >= 15 is 0 Å². The number of amidine groups is 1. The molecule has 7 heteroatoms. The second-order valence-electron chi connectivity index (χ2n) is 9.25. The second kappa shape index (κ2) is 8.46. The monoisotopic (exact) mass is 444 g/mol. The van der Waals surface area contributed by atoms with E-state index in [9.17, 15) is 9.59 Å². The van der Waals surface area contributed by atoms with Gasteiger partial charge in [-0.05, 0) is 37.0 Å². The Morgan fingerprint density at radius 3 is 2.55 bits per heavy atom. The molecule has 0 saturated carbocycles. The summed E-state index contributed by atoms with van der Waals surface area (Å²) < 4.78 is 2.09. The molecule has 0 aromatic heterocycles. The first-order valence-corrected chi connectivity index (χ1v) is 11.6. The summed E-state index contributed by atoms with van der Waals surface area (Å²) in [4.78, 5) is 36.7. The Bertz CT molecular complexity index is 1160. The van der Waals surface area contributed by atoms with E-state index in [4.69, 9.17) is 4.99 Å². The Morgan fingerprint density at radius 1 is 1.06 bits per heavy atom. The molecular weight excluding hydrogens is 414 g/mol. The number of carbonyl (C=O) groups excluding carboxylic acids is 2. The highest BCUT2D eigenvalue weighted by Crippen LogP contribution is 2.29. The topological polar surface area (TPSA) is 59.2 Å². The number of hydrogen-bond donors (Lipinski definition) is 0. The Hall–Kier alpha value is -3.48. The number of aliphatic imine (C=N–C) groups is 1. The van der Waals surface area contributed by atoms with Crippen LogP contribution < -0.4 is 4.90 Å². The van der Waals surface area contributed by atoms with Gasteiger partial charge < -0.3 is 0 Å². The van der Waals surface area contributed by atoms with Crippen molar-refractivity contribution in [3.05, 3.63) is 65.7 Å². The quantitative estimate of drug-likeness (QED) is 0.666. The number of fused-ring (bicyclic) bond motifs is 2. The fourth-order valence-corrected chi connectivity index (χ4v) is 5.06. The minimum Gasteiger partial charge on any atom is -0.270 e. The molecule has 2 aromatic carbocycles. The van der Waals surface area contributed by atoms with Gasteiger partial charge in [0.05, 0.1) is 13.1 Å². The van der Waals surface area contributed by atoms with Crippen LogP contribution in [-0.4, -0.2) is 70.8 Å². The zero-order valence-corrected chi connectivity index (χ0v) is 19.4. The molecule has 1 saturated heterocycles. The summed E-state index contributed by atoms with van der Waals surface area (Å²) in [5.74, 6) is 1.48. The molecular formula is C26H30N5O2+. The van der Waals surface area contributed by atoms with Crippen LogP contribution in [0.15, 0.2) is 59.6 Å². The van der Waals surface area contributed by atoms with Gasteiger partial charge in [-0.1, -0.05) is 60.4 Å². The van der Waals surface area contributed by atoms with Gasteiger partial charge in [0.2, 0.25) is 11.9 Å². The molecule has 0 N–H and O–H groups in total. The normalized spacial score (nSPS) is 22.5. The molecule has 5 rings (SSSR count). The molecule has 0 bridgehead atoms. The SMILES string of the molecule is Cc1ccccc1N1CC(C)C[N+]2=C1N=C1C2C(=O)N(CCCc2ccccc2)C(=O)N1C. The third-order valence-corrected chi connectivity index (χ3v) is 6.73. The maximum absolute atomic E-state index is 13.6. The number of nitrogens with zero attached hydrogens (tertiary/aromatic N) is 5.